The lowest BCUT2D eigenvalue weighted by Gasteiger charge is -2.28. The molecule has 7 heteroatoms. The Labute approximate surface area is 146 Å². The molecule has 1 atom stereocenters. The summed E-state index contributed by atoms with van der Waals surface area (Å²) < 4.78 is 26.5. The van der Waals surface area contributed by atoms with Crippen molar-refractivity contribution in [3.63, 3.8) is 0 Å². The molecule has 0 saturated carbocycles. The first-order valence-electron chi connectivity index (χ1n) is 7.33. The molecule has 3 aromatic rings. The van der Waals surface area contributed by atoms with Gasteiger partial charge in [-0.25, -0.2) is 4.39 Å². The van der Waals surface area contributed by atoms with Crippen LogP contribution in [0.1, 0.15) is 23.0 Å². The van der Waals surface area contributed by atoms with Crippen LogP contribution in [0.15, 0.2) is 52.3 Å². The second kappa shape index (κ2) is 6.88. The number of nitrogens with zero attached hydrogens (tertiary/aromatic N) is 2. The van der Waals surface area contributed by atoms with Gasteiger partial charge in [0.2, 0.25) is 6.29 Å². The van der Waals surface area contributed by atoms with Gasteiger partial charge in [-0.1, -0.05) is 53.4 Å². The normalized spacial score (nSPS) is 16.5. The predicted octanol–water partition coefficient (Wildman–Crippen LogP) is 4.58. The van der Waals surface area contributed by atoms with Gasteiger partial charge in [0.25, 0.3) is 0 Å². The molecule has 0 fully saturated rings. The van der Waals surface area contributed by atoms with Crippen LogP contribution in [-0.2, 0) is 17.1 Å². The molecular weight excluding hydrogens is 347 g/mol. The third-order valence-electron chi connectivity index (χ3n) is 3.59. The molecule has 0 saturated heterocycles. The lowest BCUT2D eigenvalue weighted by Crippen LogP contribution is -2.19. The van der Waals surface area contributed by atoms with Gasteiger partial charge in [-0.05, 0) is 12.1 Å². The second-order valence-corrected chi connectivity index (χ2v) is 7.27. The monoisotopic (exact) mass is 360 g/mol. The van der Waals surface area contributed by atoms with Crippen molar-refractivity contribution in [2.75, 3.05) is 0 Å². The fraction of sp³-hybridized carbons (Fsp3) is 0.176. The van der Waals surface area contributed by atoms with Crippen LogP contribution in [0.2, 0.25) is 0 Å². The molecule has 0 unspecified atom stereocenters. The van der Waals surface area contributed by atoms with Gasteiger partial charge in [-0.15, -0.1) is 10.2 Å². The molecule has 0 spiro atoms. The largest absolute Gasteiger partial charge is 0.460 e. The summed E-state index contributed by atoms with van der Waals surface area (Å²) in [5.74, 6) is 0.983. The summed E-state index contributed by atoms with van der Waals surface area (Å²) in [6, 6.07) is 12.7. The van der Waals surface area contributed by atoms with Crippen LogP contribution in [-0.4, -0.2) is 10.2 Å². The maximum atomic E-state index is 13.9. The van der Waals surface area contributed by atoms with Crippen molar-refractivity contribution in [1.29, 1.82) is 0 Å². The van der Waals surface area contributed by atoms with Crippen LogP contribution >= 0.6 is 23.1 Å². The lowest BCUT2D eigenvalue weighted by atomic mass is 10.1. The molecule has 1 aromatic heterocycles. The second-order valence-electron chi connectivity index (χ2n) is 5.22. The topological polar surface area (TPSA) is 44.2 Å². The Balaban J connectivity index is 1.60. The van der Waals surface area contributed by atoms with Crippen molar-refractivity contribution in [2.45, 2.75) is 23.0 Å². The highest BCUT2D eigenvalue weighted by Gasteiger charge is 2.25. The van der Waals surface area contributed by atoms with Gasteiger partial charge < -0.3 is 9.47 Å². The average molecular weight is 360 g/mol. The minimum absolute atomic E-state index is 0.285. The Bertz CT molecular complexity index is 828. The number of ether oxygens (including phenoxy) is 2. The molecule has 122 valence electrons. The molecular formula is C17H13FN2O2S2. The van der Waals surface area contributed by atoms with E-state index in [0.717, 1.165) is 21.0 Å². The Morgan fingerprint density at radius 1 is 1.25 bits per heavy atom. The quantitative estimate of drug-likeness (QED) is 0.637. The third kappa shape index (κ3) is 3.28. The van der Waals surface area contributed by atoms with E-state index in [1.807, 2.05) is 30.3 Å². The Morgan fingerprint density at radius 2 is 2.12 bits per heavy atom. The number of hydrogen-bond acceptors (Lipinski definition) is 6. The number of halogens is 1. The van der Waals surface area contributed by atoms with E-state index in [2.05, 4.69) is 10.2 Å². The van der Waals surface area contributed by atoms with E-state index >= 15 is 0 Å². The zero-order valence-electron chi connectivity index (χ0n) is 12.5. The third-order valence-corrected chi connectivity index (χ3v) is 5.49. The molecule has 2 heterocycles. The lowest BCUT2D eigenvalue weighted by molar-refractivity contribution is -0.112. The number of rotatable bonds is 4. The predicted molar refractivity (Wildman–Crippen MR) is 90.5 cm³/mol. The highest BCUT2D eigenvalue weighted by Crippen LogP contribution is 2.38. The van der Waals surface area contributed by atoms with Crippen molar-refractivity contribution >= 4 is 23.1 Å². The summed E-state index contributed by atoms with van der Waals surface area (Å²) in [5, 5.41) is 7.81. The van der Waals surface area contributed by atoms with Gasteiger partial charge >= 0.3 is 0 Å². The Hall–Kier alpha value is -1.96. The van der Waals surface area contributed by atoms with Gasteiger partial charge in [0.15, 0.2) is 4.34 Å². The summed E-state index contributed by atoms with van der Waals surface area (Å²) in [7, 11) is 0. The van der Waals surface area contributed by atoms with Crippen molar-refractivity contribution in [2.24, 2.45) is 0 Å². The van der Waals surface area contributed by atoms with Crippen LogP contribution in [0.5, 0.6) is 5.75 Å². The molecule has 24 heavy (non-hydrogen) atoms. The van der Waals surface area contributed by atoms with Gasteiger partial charge in [-0.3, -0.25) is 0 Å². The van der Waals surface area contributed by atoms with E-state index < -0.39 is 6.29 Å². The van der Waals surface area contributed by atoms with Crippen LogP contribution in [0, 0.1) is 5.82 Å². The van der Waals surface area contributed by atoms with E-state index in [0.29, 0.717) is 18.1 Å². The van der Waals surface area contributed by atoms with Gasteiger partial charge in [0.1, 0.15) is 17.1 Å². The first kappa shape index (κ1) is 15.6. The minimum atomic E-state index is -0.477. The summed E-state index contributed by atoms with van der Waals surface area (Å²) >= 11 is 2.98. The molecule has 0 radical (unpaired) electrons. The fourth-order valence-corrected chi connectivity index (χ4v) is 3.98. The Morgan fingerprint density at radius 3 is 2.92 bits per heavy atom. The van der Waals surface area contributed by atoms with Crippen LogP contribution in [0.4, 0.5) is 4.39 Å². The zero-order valence-corrected chi connectivity index (χ0v) is 14.1. The number of fused-ring (bicyclic) bond motifs is 1. The molecule has 0 N–H and O–H groups in total. The number of hydrogen-bond donors (Lipinski definition) is 0. The van der Waals surface area contributed by atoms with Crippen LogP contribution < -0.4 is 4.74 Å². The molecule has 2 aromatic carbocycles. The standard InChI is InChI=1S/C17H13FN2O2S2/c18-14-6-12-8-21-16(11-4-2-1-3-5-11)22-15(12)13(7-14)9-23-17-20-19-10-24-17/h1-7,10,16H,8-9H2/t16-/m0/s1. The molecule has 0 aliphatic carbocycles. The summed E-state index contributed by atoms with van der Waals surface area (Å²) in [6.45, 7) is 0.323. The highest BCUT2D eigenvalue weighted by atomic mass is 32.2. The molecule has 0 bridgehead atoms. The summed E-state index contributed by atoms with van der Waals surface area (Å²) in [4.78, 5) is 0. The molecule has 1 aliphatic rings. The smallest absolute Gasteiger partial charge is 0.227 e. The van der Waals surface area contributed by atoms with Crippen molar-refractivity contribution in [3.05, 3.63) is 70.5 Å². The summed E-state index contributed by atoms with van der Waals surface area (Å²) in [6.07, 6.45) is -0.477. The fourth-order valence-electron chi connectivity index (χ4n) is 2.52. The molecule has 4 nitrogen and oxygen atoms in total. The van der Waals surface area contributed by atoms with E-state index in [-0.39, 0.29) is 5.82 Å². The van der Waals surface area contributed by atoms with Crippen LogP contribution in [0.3, 0.4) is 0 Å². The van der Waals surface area contributed by atoms with Crippen molar-refractivity contribution < 1.29 is 13.9 Å². The van der Waals surface area contributed by atoms with Gasteiger partial charge in [0, 0.05) is 22.4 Å². The maximum absolute atomic E-state index is 13.9. The number of benzene rings is 2. The van der Waals surface area contributed by atoms with Crippen molar-refractivity contribution in [3.8, 4) is 5.75 Å². The first-order chi connectivity index (χ1) is 11.8. The maximum Gasteiger partial charge on any atom is 0.227 e. The van der Waals surface area contributed by atoms with E-state index in [4.69, 9.17) is 9.47 Å². The van der Waals surface area contributed by atoms with Crippen molar-refractivity contribution in [1.82, 2.24) is 10.2 Å². The molecule has 4 rings (SSSR count). The van der Waals surface area contributed by atoms with Gasteiger partial charge in [0.05, 0.1) is 6.61 Å². The van der Waals surface area contributed by atoms with E-state index in [1.54, 1.807) is 5.51 Å². The van der Waals surface area contributed by atoms with Crippen LogP contribution in [0.25, 0.3) is 0 Å². The highest BCUT2D eigenvalue weighted by molar-refractivity contribution is 8.00. The van der Waals surface area contributed by atoms with Gasteiger partial charge in [-0.2, -0.15) is 0 Å². The zero-order chi connectivity index (χ0) is 16.4. The van der Waals surface area contributed by atoms with E-state index in [9.17, 15) is 4.39 Å². The number of thioether (sulfide) groups is 1. The minimum Gasteiger partial charge on any atom is -0.460 e. The van der Waals surface area contributed by atoms with E-state index in [1.165, 1.54) is 35.2 Å². The molecule has 1 aliphatic heterocycles. The SMILES string of the molecule is Fc1cc2c(c(CSc3nncs3)c1)O[C@@H](c1ccccc1)OC2. The Kier molecular flexibility index (Phi) is 4.46. The first-order valence-corrected chi connectivity index (χ1v) is 9.19. The molecule has 0 amide bonds. The average Bonchev–Trinajstić information content (AvgIpc) is 3.13. The summed E-state index contributed by atoms with van der Waals surface area (Å²) in [5.41, 5.74) is 4.15. The number of aromatic nitrogens is 2.